The Morgan fingerprint density at radius 1 is 1.23 bits per heavy atom. The Bertz CT molecular complexity index is 117. The van der Waals surface area contributed by atoms with E-state index in [0.29, 0.717) is 6.10 Å². The van der Waals surface area contributed by atoms with Gasteiger partial charge in [0, 0.05) is 6.10 Å². The van der Waals surface area contributed by atoms with Crippen LogP contribution in [0, 0.1) is 11.8 Å². The van der Waals surface area contributed by atoms with Gasteiger partial charge in [-0.1, -0.05) is 46.5 Å². The van der Waals surface area contributed by atoms with Gasteiger partial charge in [0.1, 0.15) is 10.5 Å². The Balaban J connectivity index is 3.90. The fraction of sp³-hybridized carbons (Fsp3) is 1.00. The molecule has 0 amide bonds. The summed E-state index contributed by atoms with van der Waals surface area (Å²) in [5, 5.41) is 0. The molecule has 0 saturated carbocycles. The molecule has 1 nitrogen and oxygen atoms in total. The summed E-state index contributed by atoms with van der Waals surface area (Å²) in [5.41, 5.74) is 0. The fourth-order valence-electron chi connectivity index (χ4n) is 2.11. The van der Waals surface area contributed by atoms with E-state index in [0.717, 1.165) is 22.3 Å². The van der Waals surface area contributed by atoms with Crippen LogP contribution in [0.4, 0.5) is 0 Å². The molecule has 0 saturated heterocycles. The summed E-state index contributed by atoms with van der Waals surface area (Å²) in [7, 11) is 0.876. The van der Waals surface area contributed by atoms with Gasteiger partial charge < -0.3 is 4.43 Å². The molecule has 0 aromatic rings. The largest absolute Gasteiger partial charge is 0.425 e. The van der Waals surface area contributed by atoms with Gasteiger partial charge in [-0.15, -0.1) is 0 Å². The minimum Gasteiger partial charge on any atom is -0.425 e. The smallest absolute Gasteiger partial charge is 0.146 e. The number of unbranched alkanes of at least 4 members (excludes halogenated alkanes) is 1. The summed E-state index contributed by atoms with van der Waals surface area (Å²) in [6.45, 7) is 9.15. The van der Waals surface area contributed by atoms with Gasteiger partial charge in [0.25, 0.3) is 0 Å². The van der Waals surface area contributed by atoms with Gasteiger partial charge in [-0.25, -0.2) is 0 Å². The van der Waals surface area contributed by atoms with Gasteiger partial charge in [-0.3, -0.25) is 0 Å². The summed E-state index contributed by atoms with van der Waals surface area (Å²) in [6.07, 6.45) is 5.78. The maximum atomic E-state index is 5.54. The zero-order chi connectivity index (χ0) is 10.3. The molecule has 3 atom stereocenters. The maximum absolute atomic E-state index is 5.54. The summed E-state index contributed by atoms with van der Waals surface area (Å²) in [4.78, 5) is 0. The molecule has 0 aliphatic rings. The molecule has 0 N–H and O–H groups in total. The van der Waals surface area contributed by atoms with E-state index in [9.17, 15) is 0 Å². The van der Waals surface area contributed by atoms with Gasteiger partial charge in [0.2, 0.25) is 0 Å². The number of rotatable bonds is 7. The summed E-state index contributed by atoms with van der Waals surface area (Å²) < 4.78 is 5.54. The van der Waals surface area contributed by atoms with Crippen LogP contribution in [0.15, 0.2) is 0 Å². The lowest BCUT2D eigenvalue weighted by Crippen LogP contribution is -2.25. The van der Waals surface area contributed by atoms with E-state index in [-0.39, 0.29) is 0 Å². The minimum absolute atomic E-state index is 0.475. The van der Waals surface area contributed by atoms with Crippen molar-refractivity contribution in [3.63, 3.8) is 0 Å². The highest BCUT2D eigenvalue weighted by molar-refractivity contribution is 5.98. The second-order valence-electron chi connectivity index (χ2n) is 4.13. The SMILES string of the molecule is CCCCC(C)C(CC)C(C)O[SiH3]. The van der Waals surface area contributed by atoms with Gasteiger partial charge in [-0.05, 0) is 18.8 Å². The van der Waals surface area contributed by atoms with E-state index >= 15 is 0 Å². The van der Waals surface area contributed by atoms with Gasteiger partial charge in [-0.2, -0.15) is 0 Å². The number of hydrogen-bond donors (Lipinski definition) is 0. The predicted octanol–water partition coefficient (Wildman–Crippen LogP) is 2.52. The third-order valence-electron chi connectivity index (χ3n) is 3.19. The first kappa shape index (κ1) is 13.2. The standard InChI is InChI=1S/C11H26OSi/c1-5-7-8-9(3)11(6-2)10(4)12-13/h9-11H,5-8H2,1-4,13H3. The molecule has 0 aliphatic carbocycles. The molecule has 0 bridgehead atoms. The topological polar surface area (TPSA) is 9.23 Å². The van der Waals surface area contributed by atoms with E-state index < -0.39 is 0 Å². The van der Waals surface area contributed by atoms with Crippen LogP contribution in [-0.2, 0) is 4.43 Å². The molecule has 0 radical (unpaired) electrons. The Kier molecular flexibility index (Phi) is 7.67. The minimum atomic E-state index is 0.475. The average Bonchev–Trinajstić information content (AvgIpc) is 2.15. The third kappa shape index (κ3) is 4.82. The summed E-state index contributed by atoms with van der Waals surface area (Å²) in [5.74, 6) is 1.60. The van der Waals surface area contributed by atoms with Crippen molar-refractivity contribution in [2.24, 2.45) is 11.8 Å². The molecule has 0 spiro atoms. The highest BCUT2D eigenvalue weighted by Crippen LogP contribution is 2.25. The molecule has 0 aromatic heterocycles. The first-order chi connectivity index (χ1) is 6.17. The van der Waals surface area contributed by atoms with Crippen molar-refractivity contribution >= 4 is 10.5 Å². The number of hydrogen-bond acceptors (Lipinski definition) is 1. The van der Waals surface area contributed by atoms with Gasteiger partial charge in [0.05, 0.1) is 0 Å². The molecule has 0 aliphatic heterocycles. The van der Waals surface area contributed by atoms with Crippen LogP contribution >= 0.6 is 0 Å². The first-order valence-electron chi connectivity index (χ1n) is 5.70. The molecular weight excluding hydrogens is 176 g/mol. The highest BCUT2D eigenvalue weighted by Gasteiger charge is 2.20. The molecule has 0 heterocycles. The normalized spacial score (nSPS) is 18.5. The maximum Gasteiger partial charge on any atom is 0.146 e. The molecule has 80 valence electrons. The van der Waals surface area contributed by atoms with E-state index in [4.69, 9.17) is 4.43 Å². The lowest BCUT2D eigenvalue weighted by molar-refractivity contribution is 0.117. The van der Waals surface area contributed by atoms with E-state index in [1.807, 2.05) is 0 Å². The van der Waals surface area contributed by atoms with E-state index in [1.54, 1.807) is 0 Å². The molecule has 0 fully saturated rings. The zero-order valence-electron chi connectivity index (χ0n) is 9.97. The van der Waals surface area contributed by atoms with Crippen molar-refractivity contribution in [2.45, 2.75) is 59.5 Å². The van der Waals surface area contributed by atoms with Crippen LogP contribution < -0.4 is 0 Å². The molecule has 0 rings (SSSR count). The van der Waals surface area contributed by atoms with E-state index in [1.165, 1.54) is 25.7 Å². The van der Waals surface area contributed by atoms with Crippen LogP contribution in [0.1, 0.15) is 53.4 Å². The molecule has 3 unspecified atom stereocenters. The molecular formula is C11H26OSi. The van der Waals surface area contributed by atoms with Crippen LogP contribution in [-0.4, -0.2) is 16.6 Å². The Morgan fingerprint density at radius 3 is 2.23 bits per heavy atom. The second-order valence-corrected chi connectivity index (χ2v) is 4.60. The van der Waals surface area contributed by atoms with Crippen molar-refractivity contribution in [2.75, 3.05) is 0 Å². The summed E-state index contributed by atoms with van der Waals surface area (Å²) in [6, 6.07) is 0. The molecule has 0 aromatic carbocycles. The Labute approximate surface area is 86.8 Å². The lowest BCUT2D eigenvalue weighted by atomic mass is 9.84. The quantitative estimate of drug-likeness (QED) is 0.577. The fourth-order valence-corrected chi connectivity index (χ4v) is 2.46. The lowest BCUT2D eigenvalue weighted by Gasteiger charge is -2.28. The highest BCUT2D eigenvalue weighted by atomic mass is 28.2. The monoisotopic (exact) mass is 202 g/mol. The third-order valence-corrected chi connectivity index (χ3v) is 3.93. The molecule has 13 heavy (non-hydrogen) atoms. The van der Waals surface area contributed by atoms with Crippen molar-refractivity contribution in [3.05, 3.63) is 0 Å². The van der Waals surface area contributed by atoms with Crippen molar-refractivity contribution < 1.29 is 4.43 Å². The van der Waals surface area contributed by atoms with Gasteiger partial charge >= 0.3 is 0 Å². The van der Waals surface area contributed by atoms with Crippen molar-refractivity contribution in [3.8, 4) is 0 Å². The second kappa shape index (κ2) is 7.57. The van der Waals surface area contributed by atoms with Gasteiger partial charge in [0.15, 0.2) is 0 Å². The van der Waals surface area contributed by atoms with Crippen LogP contribution in [0.2, 0.25) is 0 Å². The van der Waals surface area contributed by atoms with Crippen LogP contribution in [0.3, 0.4) is 0 Å². The Morgan fingerprint density at radius 2 is 1.85 bits per heavy atom. The Hall–Kier alpha value is 0.177. The molecule has 2 heteroatoms. The predicted molar refractivity (Wildman–Crippen MR) is 63.0 cm³/mol. The van der Waals surface area contributed by atoms with Crippen LogP contribution in [0.25, 0.3) is 0 Å². The van der Waals surface area contributed by atoms with Crippen LogP contribution in [0.5, 0.6) is 0 Å². The summed E-state index contributed by atoms with van der Waals surface area (Å²) >= 11 is 0. The first-order valence-corrected chi connectivity index (χ1v) is 6.51. The van der Waals surface area contributed by atoms with E-state index in [2.05, 4.69) is 27.7 Å². The van der Waals surface area contributed by atoms with Crippen molar-refractivity contribution in [1.29, 1.82) is 0 Å². The average molecular weight is 202 g/mol. The zero-order valence-corrected chi connectivity index (χ0v) is 12.0. The van der Waals surface area contributed by atoms with Crippen molar-refractivity contribution in [1.82, 2.24) is 0 Å².